The van der Waals surface area contributed by atoms with Crippen LogP contribution in [0.5, 0.6) is 0 Å². The van der Waals surface area contributed by atoms with Gasteiger partial charge in [-0.3, -0.25) is 4.79 Å². The van der Waals surface area contributed by atoms with Crippen LogP contribution in [0.3, 0.4) is 0 Å². The van der Waals surface area contributed by atoms with Gasteiger partial charge in [0, 0.05) is 13.1 Å². The van der Waals surface area contributed by atoms with Crippen LogP contribution in [0.25, 0.3) is 0 Å². The van der Waals surface area contributed by atoms with Gasteiger partial charge in [0.15, 0.2) is 0 Å². The van der Waals surface area contributed by atoms with Crippen LogP contribution in [0.2, 0.25) is 0 Å². The van der Waals surface area contributed by atoms with Crippen LogP contribution < -0.4 is 5.73 Å². The van der Waals surface area contributed by atoms with E-state index < -0.39 is 0 Å². The molecule has 0 aromatic heterocycles. The summed E-state index contributed by atoms with van der Waals surface area (Å²) in [5.74, 6) is 2.06. The molecule has 1 saturated heterocycles. The molecule has 5 nitrogen and oxygen atoms in total. The van der Waals surface area contributed by atoms with Crippen LogP contribution in [-0.4, -0.2) is 50.9 Å². The minimum absolute atomic E-state index is 0.0816. The standard InChI is InChI=1S/C8H15N.C6H13NO.C2H4O2/c1-8(2)6-4-9(3)5-7(6)8;1-6(2,3)5(7)4-8;1-4-2-3/h6-7H,4-5H2,1-3H3;4-5H,7H2,1-3H3;2H,1H3. The highest BCUT2D eigenvalue weighted by molar-refractivity contribution is 5.58. The lowest BCUT2D eigenvalue weighted by atomic mass is 9.89. The number of nitrogens with zero attached hydrogens (tertiary/aromatic N) is 1. The van der Waals surface area contributed by atoms with Gasteiger partial charge in [-0.1, -0.05) is 34.6 Å². The van der Waals surface area contributed by atoms with E-state index in [4.69, 9.17) is 10.5 Å². The van der Waals surface area contributed by atoms with Crippen LogP contribution in [0, 0.1) is 22.7 Å². The summed E-state index contributed by atoms with van der Waals surface area (Å²) in [6, 6.07) is -0.331. The molecule has 21 heavy (non-hydrogen) atoms. The molecule has 124 valence electrons. The third-order valence-corrected chi connectivity index (χ3v) is 4.55. The van der Waals surface area contributed by atoms with E-state index in [1.165, 1.54) is 20.2 Å². The molecule has 3 unspecified atom stereocenters. The molecule has 2 rings (SSSR count). The molecule has 5 heteroatoms. The Morgan fingerprint density at radius 2 is 1.62 bits per heavy atom. The van der Waals surface area contributed by atoms with Gasteiger partial charge in [-0.2, -0.15) is 0 Å². The lowest BCUT2D eigenvalue weighted by Crippen LogP contribution is -2.36. The van der Waals surface area contributed by atoms with E-state index in [2.05, 4.69) is 30.5 Å². The predicted molar refractivity (Wildman–Crippen MR) is 84.8 cm³/mol. The van der Waals surface area contributed by atoms with E-state index in [9.17, 15) is 4.79 Å². The number of ether oxygens (including phenoxy) is 1. The molecule has 0 aromatic rings. The van der Waals surface area contributed by atoms with Gasteiger partial charge in [0.2, 0.25) is 0 Å². The van der Waals surface area contributed by atoms with E-state index >= 15 is 0 Å². The highest BCUT2D eigenvalue weighted by Crippen LogP contribution is 2.61. The fourth-order valence-corrected chi connectivity index (χ4v) is 2.53. The van der Waals surface area contributed by atoms with E-state index in [1.807, 2.05) is 20.8 Å². The fraction of sp³-hybridized carbons (Fsp3) is 0.875. The molecule has 0 spiro atoms. The zero-order valence-electron chi connectivity index (χ0n) is 14.6. The van der Waals surface area contributed by atoms with E-state index in [-0.39, 0.29) is 11.5 Å². The summed E-state index contributed by atoms with van der Waals surface area (Å²) in [6.07, 6.45) is 0.778. The van der Waals surface area contributed by atoms with Crippen molar-refractivity contribution in [3.63, 3.8) is 0 Å². The number of fused-ring (bicyclic) bond motifs is 1. The van der Waals surface area contributed by atoms with Gasteiger partial charge in [-0.05, 0) is 29.7 Å². The predicted octanol–water partition coefficient (Wildman–Crippen LogP) is 1.55. The van der Waals surface area contributed by atoms with Crippen LogP contribution in [0.1, 0.15) is 34.6 Å². The van der Waals surface area contributed by atoms with Crippen LogP contribution in [-0.2, 0) is 14.3 Å². The van der Waals surface area contributed by atoms with Crippen molar-refractivity contribution in [3.05, 3.63) is 0 Å². The molecule has 0 aromatic carbocycles. The van der Waals surface area contributed by atoms with Gasteiger partial charge in [0.25, 0.3) is 6.47 Å². The first kappa shape index (κ1) is 20.1. The zero-order valence-corrected chi connectivity index (χ0v) is 14.6. The van der Waals surface area contributed by atoms with Gasteiger partial charge in [-0.25, -0.2) is 0 Å². The number of hydrogen-bond donors (Lipinski definition) is 1. The number of aldehydes is 1. The monoisotopic (exact) mass is 300 g/mol. The minimum atomic E-state index is -0.331. The number of likely N-dealkylation sites (tertiary alicyclic amines) is 1. The Labute approximate surface area is 129 Å². The first-order valence-electron chi connectivity index (χ1n) is 7.38. The van der Waals surface area contributed by atoms with Gasteiger partial charge < -0.3 is 20.2 Å². The first-order valence-corrected chi connectivity index (χ1v) is 7.38. The highest BCUT2D eigenvalue weighted by atomic mass is 16.5. The van der Waals surface area contributed by atoms with Crippen LogP contribution >= 0.6 is 0 Å². The normalized spacial score (nSPS) is 27.0. The molecule has 0 bridgehead atoms. The van der Waals surface area contributed by atoms with Crippen molar-refractivity contribution in [1.29, 1.82) is 0 Å². The topological polar surface area (TPSA) is 72.6 Å². The number of methoxy groups -OCH3 is 1. The molecular formula is C16H32N2O3. The zero-order chi connectivity index (χ0) is 16.8. The third kappa shape index (κ3) is 6.14. The number of piperidine rings is 1. The molecule has 2 aliphatic rings. The number of rotatable bonds is 2. The van der Waals surface area contributed by atoms with Gasteiger partial charge in [0.1, 0.15) is 6.29 Å². The Balaban J connectivity index is 0.000000310. The smallest absolute Gasteiger partial charge is 0.292 e. The summed E-state index contributed by atoms with van der Waals surface area (Å²) >= 11 is 0. The number of carbonyl (C=O) groups excluding carboxylic acids is 2. The summed E-state index contributed by atoms with van der Waals surface area (Å²) in [5.41, 5.74) is 6.00. The average Bonchev–Trinajstić information content (AvgIpc) is 2.77. The van der Waals surface area contributed by atoms with Crippen molar-refractivity contribution < 1.29 is 14.3 Å². The number of nitrogens with two attached hydrogens (primary N) is 1. The van der Waals surface area contributed by atoms with Crippen molar-refractivity contribution in [1.82, 2.24) is 4.90 Å². The van der Waals surface area contributed by atoms with Crippen molar-refractivity contribution in [2.75, 3.05) is 27.2 Å². The Kier molecular flexibility index (Phi) is 7.54. The molecule has 2 fully saturated rings. The Bertz CT molecular complexity index is 323. The van der Waals surface area contributed by atoms with Crippen molar-refractivity contribution in [2.24, 2.45) is 28.4 Å². The van der Waals surface area contributed by atoms with Crippen molar-refractivity contribution in [3.8, 4) is 0 Å². The molecule has 3 atom stereocenters. The van der Waals surface area contributed by atoms with Crippen LogP contribution in [0.15, 0.2) is 0 Å². The average molecular weight is 300 g/mol. The molecular weight excluding hydrogens is 268 g/mol. The van der Waals surface area contributed by atoms with Crippen molar-refractivity contribution >= 4 is 12.8 Å². The second kappa shape index (κ2) is 7.90. The maximum absolute atomic E-state index is 10.0. The molecule has 1 aliphatic heterocycles. The second-order valence-corrected chi connectivity index (χ2v) is 7.62. The summed E-state index contributed by atoms with van der Waals surface area (Å²) in [6.45, 7) is 13.7. The largest absolute Gasteiger partial charge is 0.471 e. The fourth-order valence-electron chi connectivity index (χ4n) is 2.53. The molecule has 1 saturated carbocycles. The van der Waals surface area contributed by atoms with E-state index in [0.29, 0.717) is 11.9 Å². The van der Waals surface area contributed by atoms with Gasteiger partial charge in [0.05, 0.1) is 13.2 Å². The highest BCUT2D eigenvalue weighted by Gasteiger charge is 2.60. The summed E-state index contributed by atoms with van der Waals surface area (Å²) in [7, 11) is 3.54. The maximum Gasteiger partial charge on any atom is 0.292 e. The summed E-state index contributed by atoms with van der Waals surface area (Å²) in [5, 5.41) is 0. The summed E-state index contributed by atoms with van der Waals surface area (Å²) < 4.78 is 3.86. The van der Waals surface area contributed by atoms with Crippen LogP contribution in [0.4, 0.5) is 0 Å². The van der Waals surface area contributed by atoms with Gasteiger partial charge >= 0.3 is 0 Å². The minimum Gasteiger partial charge on any atom is -0.471 e. The quantitative estimate of drug-likeness (QED) is 0.783. The molecule has 1 aliphatic carbocycles. The Hall–Kier alpha value is -0.940. The molecule has 0 amide bonds. The summed E-state index contributed by atoms with van der Waals surface area (Å²) in [4.78, 5) is 21.4. The Morgan fingerprint density at radius 3 is 1.76 bits per heavy atom. The second-order valence-electron chi connectivity index (χ2n) is 7.62. The molecule has 2 N–H and O–H groups in total. The lowest BCUT2D eigenvalue weighted by Gasteiger charge is -2.20. The Morgan fingerprint density at radius 1 is 1.24 bits per heavy atom. The molecule has 1 heterocycles. The first-order chi connectivity index (χ1) is 9.52. The van der Waals surface area contributed by atoms with Crippen molar-refractivity contribution in [2.45, 2.75) is 40.7 Å². The van der Waals surface area contributed by atoms with E-state index in [0.717, 1.165) is 18.1 Å². The van der Waals surface area contributed by atoms with Gasteiger partial charge in [-0.15, -0.1) is 0 Å². The molecule has 0 radical (unpaired) electrons. The number of carbonyl (C=O) groups is 2. The van der Waals surface area contributed by atoms with E-state index in [1.54, 1.807) is 0 Å². The third-order valence-electron chi connectivity index (χ3n) is 4.55. The maximum atomic E-state index is 10.0. The number of hydrogen-bond acceptors (Lipinski definition) is 5. The lowest BCUT2D eigenvalue weighted by molar-refractivity contribution is -0.126. The SMILES string of the molecule is CC(C)(C)C(N)C=O.CN1CC2C(C1)C2(C)C.COC=O.